The molecule has 0 aliphatic carbocycles. The third kappa shape index (κ3) is 2.54. The number of benzene rings is 1. The molecule has 0 bridgehead atoms. The van der Waals surface area contributed by atoms with E-state index in [9.17, 15) is 4.79 Å². The van der Waals surface area contributed by atoms with Crippen LogP contribution in [0.5, 0.6) is 0 Å². The molecule has 2 rings (SSSR count). The van der Waals surface area contributed by atoms with Gasteiger partial charge in [0, 0.05) is 11.6 Å². The molecule has 1 aromatic rings. The van der Waals surface area contributed by atoms with Crippen molar-refractivity contribution in [3.05, 3.63) is 35.9 Å². The van der Waals surface area contributed by atoms with Crippen molar-refractivity contribution in [3.8, 4) is 0 Å². The number of hydrogen-bond acceptors (Lipinski definition) is 3. The van der Waals surface area contributed by atoms with Crippen molar-refractivity contribution in [2.45, 2.75) is 32.2 Å². The smallest absolute Gasteiger partial charge is 0.331 e. The Morgan fingerprint density at radius 1 is 1.41 bits per heavy atom. The monoisotopic (exact) mass is 231 g/mol. The Bertz CT molecular complexity index is 425. The largest absolute Gasteiger partial charge is 0.464 e. The molecule has 1 aromatic carbocycles. The Labute approximate surface area is 102 Å². The van der Waals surface area contributed by atoms with E-state index in [0.29, 0.717) is 6.61 Å². The quantitative estimate of drug-likeness (QED) is 0.750. The van der Waals surface area contributed by atoms with Crippen LogP contribution in [0.2, 0.25) is 0 Å². The first-order valence-corrected chi connectivity index (χ1v) is 5.97. The molecule has 2 atom stereocenters. The number of hydrogen-bond donors (Lipinski definition) is 0. The van der Waals surface area contributed by atoms with E-state index in [2.05, 4.69) is 4.99 Å². The Kier molecular flexibility index (Phi) is 3.57. The summed E-state index contributed by atoms with van der Waals surface area (Å²) < 4.78 is 5.08. The maximum Gasteiger partial charge on any atom is 0.331 e. The van der Waals surface area contributed by atoms with Crippen LogP contribution in [0.25, 0.3) is 0 Å². The van der Waals surface area contributed by atoms with Crippen LogP contribution in [0.15, 0.2) is 35.3 Å². The van der Waals surface area contributed by atoms with Crippen LogP contribution in [0, 0.1) is 0 Å². The van der Waals surface area contributed by atoms with E-state index in [-0.39, 0.29) is 17.9 Å². The summed E-state index contributed by atoms with van der Waals surface area (Å²) in [5.74, 6) is -0.0755. The van der Waals surface area contributed by atoms with Crippen LogP contribution in [0.1, 0.15) is 31.7 Å². The van der Waals surface area contributed by atoms with Gasteiger partial charge >= 0.3 is 5.97 Å². The minimum Gasteiger partial charge on any atom is -0.464 e. The molecule has 1 aliphatic rings. The molecule has 0 fully saturated rings. The summed E-state index contributed by atoms with van der Waals surface area (Å²) in [4.78, 5) is 16.3. The summed E-state index contributed by atoms with van der Waals surface area (Å²) in [7, 11) is 0. The molecule has 0 radical (unpaired) electrons. The molecule has 0 unspecified atom stereocenters. The van der Waals surface area contributed by atoms with Crippen LogP contribution >= 0.6 is 0 Å². The molecule has 0 saturated carbocycles. The third-order valence-electron chi connectivity index (χ3n) is 3.01. The molecule has 0 saturated heterocycles. The van der Waals surface area contributed by atoms with Crippen molar-refractivity contribution in [2.24, 2.45) is 4.99 Å². The van der Waals surface area contributed by atoms with Crippen molar-refractivity contribution in [1.82, 2.24) is 0 Å². The molecule has 17 heavy (non-hydrogen) atoms. The summed E-state index contributed by atoms with van der Waals surface area (Å²) in [5, 5.41) is 0. The molecule has 0 spiro atoms. The van der Waals surface area contributed by atoms with Crippen LogP contribution in [0.3, 0.4) is 0 Å². The average molecular weight is 231 g/mol. The maximum atomic E-state index is 11.8. The molecule has 3 heteroatoms. The number of carbonyl (C=O) groups excluding carboxylic acids is 1. The predicted molar refractivity (Wildman–Crippen MR) is 67.3 cm³/mol. The van der Waals surface area contributed by atoms with Crippen molar-refractivity contribution in [3.63, 3.8) is 0 Å². The number of nitrogens with zero attached hydrogens (tertiary/aromatic N) is 1. The minimum atomic E-state index is -0.364. The zero-order chi connectivity index (χ0) is 12.3. The van der Waals surface area contributed by atoms with Crippen molar-refractivity contribution < 1.29 is 9.53 Å². The SMILES string of the molecule is CCOC(=O)[C@@H]1N=C(C)C[C@H]1c1ccccc1. The molecule has 1 aliphatic heterocycles. The summed E-state index contributed by atoms with van der Waals surface area (Å²) in [6.45, 7) is 4.20. The lowest BCUT2D eigenvalue weighted by molar-refractivity contribution is -0.144. The van der Waals surface area contributed by atoms with Gasteiger partial charge in [0.05, 0.1) is 6.61 Å². The zero-order valence-corrected chi connectivity index (χ0v) is 10.2. The first-order chi connectivity index (χ1) is 8.22. The van der Waals surface area contributed by atoms with E-state index in [1.54, 1.807) is 0 Å². The highest BCUT2D eigenvalue weighted by Crippen LogP contribution is 2.32. The number of aliphatic imine (C=N–C) groups is 1. The molecule has 90 valence electrons. The van der Waals surface area contributed by atoms with E-state index >= 15 is 0 Å². The second kappa shape index (κ2) is 5.13. The fourth-order valence-corrected chi connectivity index (χ4v) is 2.25. The van der Waals surface area contributed by atoms with Crippen molar-refractivity contribution >= 4 is 11.7 Å². The van der Waals surface area contributed by atoms with E-state index in [1.807, 2.05) is 44.2 Å². The lowest BCUT2D eigenvalue weighted by atomic mass is 9.90. The Morgan fingerprint density at radius 3 is 2.76 bits per heavy atom. The van der Waals surface area contributed by atoms with Gasteiger partial charge in [-0.1, -0.05) is 30.3 Å². The maximum absolute atomic E-state index is 11.8. The van der Waals surface area contributed by atoms with Gasteiger partial charge in [-0.3, -0.25) is 4.99 Å². The lowest BCUT2D eigenvalue weighted by Crippen LogP contribution is -2.25. The minimum absolute atomic E-state index is 0.134. The highest BCUT2D eigenvalue weighted by Gasteiger charge is 2.35. The first kappa shape index (κ1) is 11.8. The highest BCUT2D eigenvalue weighted by molar-refractivity contribution is 5.91. The molecule has 0 amide bonds. The van der Waals surface area contributed by atoms with Gasteiger partial charge in [-0.25, -0.2) is 4.79 Å². The number of carbonyl (C=O) groups is 1. The van der Waals surface area contributed by atoms with Crippen molar-refractivity contribution in [2.75, 3.05) is 6.61 Å². The van der Waals surface area contributed by atoms with E-state index < -0.39 is 0 Å². The van der Waals surface area contributed by atoms with Gasteiger partial charge in [0.25, 0.3) is 0 Å². The Hall–Kier alpha value is -1.64. The summed E-state index contributed by atoms with van der Waals surface area (Å²) in [5.41, 5.74) is 2.18. The molecule has 3 nitrogen and oxygen atoms in total. The summed E-state index contributed by atoms with van der Waals surface area (Å²) in [6, 6.07) is 9.69. The Balaban J connectivity index is 2.21. The van der Waals surface area contributed by atoms with E-state index in [1.165, 1.54) is 0 Å². The van der Waals surface area contributed by atoms with Gasteiger partial charge in [0.2, 0.25) is 0 Å². The lowest BCUT2D eigenvalue weighted by Gasteiger charge is -2.16. The number of rotatable bonds is 3. The van der Waals surface area contributed by atoms with E-state index in [4.69, 9.17) is 4.74 Å². The molecule has 1 heterocycles. The first-order valence-electron chi connectivity index (χ1n) is 5.97. The molecular weight excluding hydrogens is 214 g/mol. The standard InChI is InChI=1S/C14H17NO2/c1-3-17-14(16)13-12(9-10(2)15-13)11-7-5-4-6-8-11/h4-8,12-13H,3,9H2,1-2H3/t12-,13+/m0/s1. The number of ether oxygens (including phenoxy) is 1. The van der Waals surface area contributed by atoms with Gasteiger partial charge in [0.15, 0.2) is 6.04 Å². The average Bonchev–Trinajstić information content (AvgIpc) is 2.73. The van der Waals surface area contributed by atoms with E-state index in [0.717, 1.165) is 17.7 Å². The predicted octanol–water partition coefficient (Wildman–Crippen LogP) is 2.57. The summed E-state index contributed by atoms with van der Waals surface area (Å²) >= 11 is 0. The van der Waals surface area contributed by atoms with Crippen molar-refractivity contribution in [1.29, 1.82) is 0 Å². The van der Waals surface area contributed by atoms with Crippen LogP contribution in [-0.4, -0.2) is 24.3 Å². The van der Waals surface area contributed by atoms with Gasteiger partial charge < -0.3 is 4.74 Å². The van der Waals surface area contributed by atoms with Gasteiger partial charge in [-0.2, -0.15) is 0 Å². The highest BCUT2D eigenvalue weighted by atomic mass is 16.5. The fraction of sp³-hybridized carbons (Fsp3) is 0.429. The molecular formula is C14H17NO2. The zero-order valence-electron chi connectivity index (χ0n) is 10.2. The fourth-order valence-electron chi connectivity index (χ4n) is 2.25. The third-order valence-corrected chi connectivity index (χ3v) is 3.01. The normalized spacial score (nSPS) is 23.3. The molecule has 0 aromatic heterocycles. The summed E-state index contributed by atoms with van der Waals surface area (Å²) in [6.07, 6.45) is 0.841. The van der Waals surface area contributed by atoms with Crippen LogP contribution < -0.4 is 0 Å². The molecule has 0 N–H and O–H groups in total. The van der Waals surface area contributed by atoms with Gasteiger partial charge in [0.1, 0.15) is 0 Å². The van der Waals surface area contributed by atoms with Gasteiger partial charge in [-0.15, -0.1) is 0 Å². The van der Waals surface area contributed by atoms with Crippen LogP contribution in [0.4, 0.5) is 0 Å². The second-order valence-corrected chi connectivity index (χ2v) is 4.28. The second-order valence-electron chi connectivity index (χ2n) is 4.28. The number of esters is 1. The topological polar surface area (TPSA) is 38.7 Å². The Morgan fingerprint density at radius 2 is 2.12 bits per heavy atom. The van der Waals surface area contributed by atoms with Gasteiger partial charge in [-0.05, 0) is 25.8 Å². The van der Waals surface area contributed by atoms with Crippen LogP contribution in [-0.2, 0) is 9.53 Å².